The molecule has 28 heavy (non-hydrogen) atoms. The molecule has 5 nitrogen and oxygen atoms in total. The minimum Gasteiger partial charge on any atom is -0.268 e. The second-order valence-corrected chi connectivity index (χ2v) is 9.17. The molecule has 6 heteroatoms. The van der Waals surface area contributed by atoms with Crippen molar-refractivity contribution in [2.75, 3.05) is 0 Å². The number of hydrogen-bond donors (Lipinski definition) is 1. The highest BCUT2D eigenvalue weighted by molar-refractivity contribution is 7.89. The Labute approximate surface area is 166 Å². The van der Waals surface area contributed by atoms with Gasteiger partial charge < -0.3 is 0 Å². The molecule has 2 aromatic carbocycles. The van der Waals surface area contributed by atoms with Gasteiger partial charge in [0.2, 0.25) is 10.0 Å². The molecule has 0 amide bonds. The molecule has 0 bridgehead atoms. The lowest BCUT2D eigenvalue weighted by molar-refractivity contribution is 0.467. The van der Waals surface area contributed by atoms with Crippen LogP contribution in [0.3, 0.4) is 0 Å². The number of nitrogens with one attached hydrogen (secondary N) is 1. The van der Waals surface area contributed by atoms with Crippen molar-refractivity contribution >= 4 is 10.0 Å². The highest BCUT2D eigenvalue weighted by Gasteiger charge is 2.26. The van der Waals surface area contributed by atoms with Crippen LogP contribution in [0.2, 0.25) is 0 Å². The fourth-order valence-corrected chi connectivity index (χ4v) is 4.86. The van der Waals surface area contributed by atoms with Crippen LogP contribution < -0.4 is 4.72 Å². The first-order chi connectivity index (χ1) is 13.5. The Kier molecular flexibility index (Phi) is 5.33. The van der Waals surface area contributed by atoms with Gasteiger partial charge in [-0.1, -0.05) is 73.0 Å². The van der Waals surface area contributed by atoms with Crippen molar-refractivity contribution in [1.82, 2.24) is 14.5 Å². The van der Waals surface area contributed by atoms with E-state index in [1.165, 1.54) is 12.8 Å². The molecule has 1 N–H and O–H groups in total. The molecule has 0 spiro atoms. The van der Waals surface area contributed by atoms with Crippen LogP contribution >= 0.6 is 0 Å². The SMILES string of the molecule is Cc1ccc(CNS(=O)(=O)c2cn(C3CCCC3)nc2-c2ccccc2)cc1. The van der Waals surface area contributed by atoms with E-state index in [2.05, 4.69) is 4.72 Å². The Morgan fingerprint density at radius 3 is 2.39 bits per heavy atom. The van der Waals surface area contributed by atoms with Crippen LogP contribution in [0.15, 0.2) is 65.7 Å². The second kappa shape index (κ2) is 7.89. The summed E-state index contributed by atoms with van der Waals surface area (Å²) >= 11 is 0. The van der Waals surface area contributed by atoms with E-state index in [0.29, 0.717) is 5.69 Å². The molecule has 146 valence electrons. The first kappa shape index (κ1) is 18.9. The maximum Gasteiger partial charge on any atom is 0.244 e. The summed E-state index contributed by atoms with van der Waals surface area (Å²) in [6.45, 7) is 2.27. The quantitative estimate of drug-likeness (QED) is 0.670. The average molecular weight is 396 g/mol. The van der Waals surface area contributed by atoms with E-state index in [1.807, 2.05) is 66.2 Å². The number of hydrogen-bond acceptors (Lipinski definition) is 3. The van der Waals surface area contributed by atoms with Gasteiger partial charge in [-0.25, -0.2) is 13.1 Å². The Morgan fingerprint density at radius 1 is 1.04 bits per heavy atom. The van der Waals surface area contributed by atoms with E-state index in [9.17, 15) is 8.42 Å². The van der Waals surface area contributed by atoms with Crippen LogP contribution in [0.4, 0.5) is 0 Å². The van der Waals surface area contributed by atoms with Crippen LogP contribution in [-0.2, 0) is 16.6 Å². The lowest BCUT2D eigenvalue weighted by Crippen LogP contribution is -2.23. The minimum absolute atomic E-state index is 0.248. The smallest absolute Gasteiger partial charge is 0.244 e. The third-order valence-corrected chi connectivity index (χ3v) is 6.72. The first-order valence-corrected chi connectivity index (χ1v) is 11.2. The Bertz CT molecular complexity index is 1040. The Morgan fingerprint density at radius 2 is 1.71 bits per heavy atom. The van der Waals surface area contributed by atoms with E-state index in [0.717, 1.165) is 29.5 Å². The summed E-state index contributed by atoms with van der Waals surface area (Å²) in [5.41, 5.74) is 3.41. The van der Waals surface area contributed by atoms with Gasteiger partial charge in [0, 0.05) is 18.3 Å². The standard InChI is InChI=1S/C22H25N3O2S/c1-17-11-13-18(14-12-17)15-23-28(26,27)21-16-25(20-9-5-6-10-20)24-22(21)19-7-3-2-4-8-19/h2-4,7-8,11-14,16,20,23H,5-6,9-10,15H2,1H3. The van der Waals surface area contributed by atoms with Gasteiger partial charge in [-0.2, -0.15) is 5.10 Å². The highest BCUT2D eigenvalue weighted by Crippen LogP contribution is 2.33. The third-order valence-electron chi connectivity index (χ3n) is 5.32. The van der Waals surface area contributed by atoms with Gasteiger partial charge in [0.25, 0.3) is 0 Å². The van der Waals surface area contributed by atoms with Gasteiger partial charge in [0.1, 0.15) is 10.6 Å². The van der Waals surface area contributed by atoms with Crippen LogP contribution in [0.5, 0.6) is 0 Å². The van der Waals surface area contributed by atoms with Crippen LogP contribution in [0, 0.1) is 6.92 Å². The van der Waals surface area contributed by atoms with Gasteiger partial charge in [0.05, 0.1) is 6.04 Å². The fraction of sp³-hybridized carbons (Fsp3) is 0.318. The zero-order valence-corrected chi connectivity index (χ0v) is 16.8. The molecule has 0 aliphatic heterocycles. The van der Waals surface area contributed by atoms with Crippen LogP contribution in [0.1, 0.15) is 42.9 Å². The summed E-state index contributed by atoms with van der Waals surface area (Å²) in [6.07, 6.45) is 6.13. The molecular weight excluding hydrogens is 370 g/mol. The zero-order chi connectivity index (χ0) is 19.6. The molecule has 4 rings (SSSR count). The molecule has 0 radical (unpaired) electrons. The molecule has 1 saturated carbocycles. The summed E-state index contributed by atoms with van der Waals surface area (Å²) in [5, 5.41) is 4.69. The summed E-state index contributed by atoms with van der Waals surface area (Å²) in [7, 11) is -3.69. The van der Waals surface area contributed by atoms with Gasteiger partial charge in [-0.15, -0.1) is 0 Å². The number of sulfonamides is 1. The van der Waals surface area contributed by atoms with Gasteiger partial charge in [0.15, 0.2) is 0 Å². The molecule has 1 aliphatic carbocycles. The second-order valence-electron chi connectivity index (χ2n) is 7.44. The van der Waals surface area contributed by atoms with E-state index in [-0.39, 0.29) is 17.5 Å². The Balaban J connectivity index is 1.66. The minimum atomic E-state index is -3.69. The number of benzene rings is 2. The summed E-state index contributed by atoms with van der Waals surface area (Å²) in [5.74, 6) is 0. The number of aryl methyl sites for hydroxylation is 1. The summed E-state index contributed by atoms with van der Waals surface area (Å²) < 4.78 is 30.9. The van der Waals surface area contributed by atoms with Crippen molar-refractivity contribution in [3.8, 4) is 11.3 Å². The van der Waals surface area contributed by atoms with E-state index < -0.39 is 10.0 Å². The molecule has 3 aromatic rings. The predicted octanol–water partition coefficient (Wildman–Crippen LogP) is 4.45. The molecule has 0 saturated heterocycles. The maximum atomic E-state index is 13.1. The average Bonchev–Trinajstić information content (AvgIpc) is 3.38. The topological polar surface area (TPSA) is 64.0 Å². The van der Waals surface area contributed by atoms with Crippen molar-refractivity contribution in [3.05, 3.63) is 71.9 Å². The maximum absolute atomic E-state index is 13.1. The molecule has 1 aliphatic rings. The van der Waals surface area contributed by atoms with Crippen molar-refractivity contribution in [2.45, 2.75) is 50.1 Å². The molecule has 1 fully saturated rings. The van der Waals surface area contributed by atoms with E-state index in [4.69, 9.17) is 5.10 Å². The first-order valence-electron chi connectivity index (χ1n) is 9.73. The third kappa shape index (κ3) is 4.03. The monoisotopic (exact) mass is 395 g/mol. The van der Waals surface area contributed by atoms with Gasteiger partial charge in [-0.3, -0.25) is 4.68 Å². The van der Waals surface area contributed by atoms with E-state index >= 15 is 0 Å². The summed E-state index contributed by atoms with van der Waals surface area (Å²) in [4.78, 5) is 0.248. The molecular formula is C22H25N3O2S. The normalized spacial score (nSPS) is 15.2. The van der Waals surface area contributed by atoms with Crippen molar-refractivity contribution in [3.63, 3.8) is 0 Å². The van der Waals surface area contributed by atoms with Crippen LogP contribution in [-0.4, -0.2) is 18.2 Å². The lowest BCUT2D eigenvalue weighted by atomic mass is 10.2. The Hall–Kier alpha value is -2.44. The predicted molar refractivity (Wildman–Crippen MR) is 110 cm³/mol. The highest BCUT2D eigenvalue weighted by atomic mass is 32.2. The van der Waals surface area contributed by atoms with Crippen molar-refractivity contribution in [2.24, 2.45) is 0 Å². The number of nitrogens with zero attached hydrogens (tertiary/aromatic N) is 2. The molecule has 0 atom stereocenters. The van der Waals surface area contributed by atoms with Gasteiger partial charge in [-0.05, 0) is 25.3 Å². The molecule has 0 unspecified atom stereocenters. The number of rotatable bonds is 6. The van der Waals surface area contributed by atoms with E-state index in [1.54, 1.807) is 6.20 Å². The lowest BCUT2D eigenvalue weighted by Gasteiger charge is -2.08. The fourth-order valence-electron chi connectivity index (χ4n) is 3.69. The number of aromatic nitrogens is 2. The molecule has 1 heterocycles. The van der Waals surface area contributed by atoms with Gasteiger partial charge >= 0.3 is 0 Å². The largest absolute Gasteiger partial charge is 0.268 e. The zero-order valence-electron chi connectivity index (χ0n) is 16.0. The van der Waals surface area contributed by atoms with Crippen LogP contribution in [0.25, 0.3) is 11.3 Å². The molecule has 1 aromatic heterocycles. The van der Waals surface area contributed by atoms with Crippen molar-refractivity contribution < 1.29 is 8.42 Å². The summed E-state index contributed by atoms with van der Waals surface area (Å²) in [6, 6.07) is 17.7. The van der Waals surface area contributed by atoms with Crippen molar-refractivity contribution in [1.29, 1.82) is 0 Å².